The number of halogens is 2. The van der Waals surface area contributed by atoms with Crippen LogP contribution in [-0.2, 0) is 0 Å². The molecule has 6 heteroatoms. The van der Waals surface area contributed by atoms with Gasteiger partial charge in [-0.25, -0.2) is 9.97 Å². The largest absolute Gasteiger partial charge is 0.495 e. The number of hydrogen-bond acceptors (Lipinski definition) is 4. The Morgan fingerprint density at radius 3 is 2.80 bits per heavy atom. The van der Waals surface area contributed by atoms with Crippen molar-refractivity contribution in [3.8, 4) is 5.75 Å². The van der Waals surface area contributed by atoms with Crippen LogP contribution in [0.25, 0.3) is 0 Å². The van der Waals surface area contributed by atoms with Crippen LogP contribution >= 0.6 is 27.5 Å². The number of hydrogen-bond donors (Lipinski definition) is 1. The van der Waals surface area contributed by atoms with Crippen LogP contribution in [0.3, 0.4) is 0 Å². The number of rotatable bonds is 4. The molecule has 1 N–H and O–H groups in total. The third-order valence-electron chi connectivity index (χ3n) is 3.08. The predicted octanol–water partition coefficient (Wildman–Crippen LogP) is 4.52. The highest BCUT2D eigenvalue weighted by Gasteiger charge is 2.27. The second-order valence-electron chi connectivity index (χ2n) is 4.68. The molecule has 0 amide bonds. The molecule has 0 spiro atoms. The van der Waals surface area contributed by atoms with E-state index >= 15 is 0 Å². The van der Waals surface area contributed by atoms with E-state index in [4.69, 9.17) is 16.3 Å². The van der Waals surface area contributed by atoms with Crippen LogP contribution in [-0.4, -0.2) is 17.1 Å². The molecule has 3 rings (SSSR count). The fourth-order valence-corrected chi connectivity index (χ4v) is 2.51. The summed E-state index contributed by atoms with van der Waals surface area (Å²) in [5.74, 6) is 2.82. The van der Waals surface area contributed by atoms with E-state index in [0.29, 0.717) is 10.9 Å². The number of methoxy groups -OCH3 is 1. The van der Waals surface area contributed by atoms with Crippen LogP contribution in [0.2, 0.25) is 5.02 Å². The molecule has 1 fully saturated rings. The second-order valence-corrected chi connectivity index (χ2v) is 5.93. The third kappa shape index (κ3) is 3.04. The molecule has 1 aliphatic carbocycles. The van der Waals surface area contributed by atoms with E-state index in [0.717, 1.165) is 40.5 Å². The Morgan fingerprint density at radius 1 is 1.30 bits per heavy atom. The summed E-state index contributed by atoms with van der Waals surface area (Å²) in [6, 6.07) is 7.26. The first-order valence-electron chi connectivity index (χ1n) is 6.31. The van der Waals surface area contributed by atoms with Crippen molar-refractivity contribution in [3.63, 3.8) is 0 Å². The monoisotopic (exact) mass is 353 g/mol. The Balaban J connectivity index is 1.92. The zero-order chi connectivity index (χ0) is 14.1. The molecule has 104 valence electrons. The van der Waals surface area contributed by atoms with Crippen molar-refractivity contribution in [3.05, 3.63) is 39.7 Å². The number of anilines is 2. The van der Waals surface area contributed by atoms with Gasteiger partial charge in [-0.3, -0.25) is 0 Å². The second kappa shape index (κ2) is 5.58. The van der Waals surface area contributed by atoms with E-state index in [2.05, 4.69) is 31.2 Å². The molecule has 4 nitrogen and oxygen atoms in total. The molecule has 0 aliphatic heterocycles. The molecule has 1 aliphatic rings. The van der Waals surface area contributed by atoms with Gasteiger partial charge in [0.25, 0.3) is 0 Å². The number of nitrogens with zero attached hydrogens (tertiary/aromatic N) is 2. The smallest absolute Gasteiger partial charge is 0.142 e. The summed E-state index contributed by atoms with van der Waals surface area (Å²) in [6.07, 6.45) is 2.33. The lowest BCUT2D eigenvalue weighted by Crippen LogP contribution is -2.01. The van der Waals surface area contributed by atoms with Crippen LogP contribution < -0.4 is 10.1 Å². The van der Waals surface area contributed by atoms with E-state index in [1.807, 2.05) is 18.2 Å². The van der Waals surface area contributed by atoms with Gasteiger partial charge in [-0.15, -0.1) is 0 Å². The molecule has 0 bridgehead atoms. The summed E-state index contributed by atoms with van der Waals surface area (Å²) in [4.78, 5) is 8.95. The first kappa shape index (κ1) is 13.6. The highest BCUT2D eigenvalue weighted by Crippen LogP contribution is 2.39. The van der Waals surface area contributed by atoms with E-state index in [9.17, 15) is 0 Å². The van der Waals surface area contributed by atoms with Gasteiger partial charge in [0, 0.05) is 17.0 Å². The maximum absolute atomic E-state index is 6.03. The lowest BCUT2D eigenvalue weighted by Gasteiger charge is -2.12. The molecule has 0 saturated heterocycles. The zero-order valence-electron chi connectivity index (χ0n) is 10.9. The average Bonchev–Trinajstić information content (AvgIpc) is 3.22. The van der Waals surface area contributed by atoms with Gasteiger partial charge >= 0.3 is 0 Å². The standard InChI is InChI=1S/C14H13BrClN3O/c1-20-11-5-4-9(16)6-10(11)17-13-7-12(15)18-14(19-13)8-2-3-8/h4-8H,2-3H2,1H3,(H,17,18,19). The third-order valence-corrected chi connectivity index (χ3v) is 3.72. The number of ether oxygens (including phenoxy) is 1. The van der Waals surface area contributed by atoms with Gasteiger partial charge in [-0.1, -0.05) is 11.6 Å². The Morgan fingerprint density at radius 2 is 2.10 bits per heavy atom. The van der Waals surface area contributed by atoms with Crippen LogP contribution in [0.15, 0.2) is 28.9 Å². The molecule has 20 heavy (non-hydrogen) atoms. The first-order chi connectivity index (χ1) is 9.65. The summed E-state index contributed by atoms with van der Waals surface area (Å²) in [5, 5.41) is 3.88. The Kier molecular flexibility index (Phi) is 3.81. The minimum atomic E-state index is 0.495. The van der Waals surface area contributed by atoms with Crippen molar-refractivity contribution in [1.82, 2.24) is 9.97 Å². The van der Waals surface area contributed by atoms with Crippen LogP contribution in [0.5, 0.6) is 5.75 Å². The zero-order valence-corrected chi connectivity index (χ0v) is 13.2. The molecule has 1 heterocycles. The van der Waals surface area contributed by atoms with Gasteiger partial charge < -0.3 is 10.1 Å². The fraction of sp³-hybridized carbons (Fsp3) is 0.286. The van der Waals surface area contributed by atoms with Gasteiger partial charge in [0.1, 0.15) is 22.0 Å². The van der Waals surface area contributed by atoms with Crippen LogP contribution in [0.1, 0.15) is 24.6 Å². The predicted molar refractivity (Wildman–Crippen MR) is 83.0 cm³/mol. The molecule has 1 aromatic heterocycles. The highest BCUT2D eigenvalue weighted by molar-refractivity contribution is 9.10. The summed E-state index contributed by atoms with van der Waals surface area (Å²) in [6.45, 7) is 0. The quantitative estimate of drug-likeness (QED) is 0.820. The van der Waals surface area contributed by atoms with Gasteiger partial charge in [0.2, 0.25) is 0 Å². The maximum Gasteiger partial charge on any atom is 0.142 e. The minimum Gasteiger partial charge on any atom is -0.495 e. The summed E-state index contributed by atoms with van der Waals surface area (Å²) in [5.41, 5.74) is 0.785. The van der Waals surface area contributed by atoms with Crippen molar-refractivity contribution in [2.75, 3.05) is 12.4 Å². The van der Waals surface area contributed by atoms with E-state index < -0.39 is 0 Å². The summed E-state index contributed by atoms with van der Waals surface area (Å²) < 4.78 is 6.09. The average molecular weight is 355 g/mol. The number of benzene rings is 1. The molecule has 2 aromatic rings. The highest BCUT2D eigenvalue weighted by atomic mass is 79.9. The van der Waals surface area contributed by atoms with Crippen molar-refractivity contribution >= 4 is 39.0 Å². The van der Waals surface area contributed by atoms with E-state index in [1.165, 1.54) is 0 Å². The molecule has 0 radical (unpaired) electrons. The van der Waals surface area contributed by atoms with Crippen LogP contribution in [0, 0.1) is 0 Å². The molecular weight excluding hydrogens is 342 g/mol. The summed E-state index contributed by atoms with van der Waals surface area (Å²) in [7, 11) is 1.62. The van der Waals surface area contributed by atoms with Gasteiger partial charge in [-0.2, -0.15) is 0 Å². The van der Waals surface area contributed by atoms with Crippen molar-refractivity contribution in [2.45, 2.75) is 18.8 Å². The fourth-order valence-electron chi connectivity index (χ4n) is 1.94. The van der Waals surface area contributed by atoms with E-state index in [1.54, 1.807) is 13.2 Å². The number of aromatic nitrogens is 2. The molecule has 1 saturated carbocycles. The Bertz CT molecular complexity index is 646. The maximum atomic E-state index is 6.03. The van der Waals surface area contributed by atoms with Gasteiger partial charge in [0.15, 0.2) is 0 Å². The van der Waals surface area contributed by atoms with Crippen molar-refractivity contribution in [2.24, 2.45) is 0 Å². The topological polar surface area (TPSA) is 47.0 Å². The first-order valence-corrected chi connectivity index (χ1v) is 7.48. The Labute approximate surface area is 130 Å². The lowest BCUT2D eigenvalue weighted by atomic mass is 10.3. The van der Waals surface area contributed by atoms with Crippen molar-refractivity contribution in [1.29, 1.82) is 0 Å². The van der Waals surface area contributed by atoms with Gasteiger partial charge in [0.05, 0.1) is 12.8 Å². The van der Waals surface area contributed by atoms with Crippen molar-refractivity contribution < 1.29 is 4.74 Å². The molecule has 0 atom stereocenters. The molecule has 0 unspecified atom stereocenters. The van der Waals surface area contributed by atoms with Crippen LogP contribution in [0.4, 0.5) is 11.5 Å². The lowest BCUT2D eigenvalue weighted by molar-refractivity contribution is 0.417. The minimum absolute atomic E-state index is 0.495. The SMILES string of the molecule is COc1ccc(Cl)cc1Nc1cc(Br)nc(C2CC2)n1. The normalized spacial score (nSPS) is 14.2. The Hall–Kier alpha value is -1.33. The molecule has 1 aromatic carbocycles. The number of nitrogens with one attached hydrogen (secondary N) is 1. The molecular formula is C14H13BrClN3O. The summed E-state index contributed by atoms with van der Waals surface area (Å²) >= 11 is 9.45. The van der Waals surface area contributed by atoms with Gasteiger partial charge in [-0.05, 0) is 47.0 Å². The van der Waals surface area contributed by atoms with E-state index in [-0.39, 0.29) is 0 Å².